The molecule has 0 unspecified atom stereocenters. The van der Waals surface area contributed by atoms with E-state index in [4.69, 9.17) is 17.0 Å². The first-order valence-electron chi connectivity index (χ1n) is 7.88. The fourth-order valence-corrected chi connectivity index (χ4v) is 3.36. The Kier molecular flexibility index (Phi) is 5.45. The molecule has 1 fully saturated rings. The van der Waals surface area contributed by atoms with E-state index in [1.54, 1.807) is 0 Å². The molecule has 2 N–H and O–H groups in total. The molecule has 0 aliphatic heterocycles. The maximum atomic E-state index is 5.49. The molecule has 0 radical (unpaired) electrons. The third-order valence-corrected chi connectivity index (χ3v) is 4.59. The Morgan fingerprint density at radius 3 is 2.38 bits per heavy atom. The van der Waals surface area contributed by atoms with Crippen LogP contribution in [0.5, 0.6) is 5.75 Å². The quantitative estimate of drug-likeness (QED) is 0.793. The first-order chi connectivity index (χ1) is 10.1. The molecule has 2 rings (SSSR count). The first-order valence-corrected chi connectivity index (χ1v) is 8.28. The van der Waals surface area contributed by atoms with E-state index in [-0.39, 0.29) is 5.54 Å². The van der Waals surface area contributed by atoms with Gasteiger partial charge in [-0.25, -0.2) is 0 Å². The summed E-state index contributed by atoms with van der Waals surface area (Å²) in [5.41, 5.74) is 1.16. The second-order valence-corrected chi connectivity index (χ2v) is 6.46. The summed E-state index contributed by atoms with van der Waals surface area (Å²) in [5.74, 6) is 1.47. The van der Waals surface area contributed by atoms with E-state index in [1.807, 2.05) is 31.2 Å². The molecule has 0 aromatic heterocycles. The molecule has 0 heterocycles. The van der Waals surface area contributed by atoms with Crippen molar-refractivity contribution in [1.29, 1.82) is 0 Å². The molecule has 4 heteroatoms. The normalized spacial score (nSPS) is 16.8. The SMILES string of the molecule is CCOc1ccc(NC(=S)NC2(C(C)C)CCCC2)cc1. The predicted octanol–water partition coefficient (Wildman–Crippen LogP) is 4.34. The minimum Gasteiger partial charge on any atom is -0.494 e. The zero-order valence-electron chi connectivity index (χ0n) is 13.2. The van der Waals surface area contributed by atoms with E-state index in [9.17, 15) is 0 Å². The molecule has 1 saturated carbocycles. The number of rotatable bonds is 5. The molecule has 1 aromatic rings. The van der Waals surface area contributed by atoms with E-state index in [2.05, 4.69) is 24.5 Å². The van der Waals surface area contributed by atoms with E-state index in [1.165, 1.54) is 25.7 Å². The van der Waals surface area contributed by atoms with Crippen molar-refractivity contribution in [3.8, 4) is 5.75 Å². The molecular weight excluding hydrogens is 280 g/mol. The minimum absolute atomic E-state index is 0.162. The van der Waals surface area contributed by atoms with Gasteiger partial charge in [0.25, 0.3) is 0 Å². The molecule has 0 amide bonds. The van der Waals surface area contributed by atoms with Crippen molar-refractivity contribution in [1.82, 2.24) is 5.32 Å². The average Bonchev–Trinajstić information content (AvgIpc) is 2.91. The topological polar surface area (TPSA) is 33.3 Å². The molecular formula is C17H26N2OS. The Bertz CT molecular complexity index is 464. The minimum atomic E-state index is 0.162. The van der Waals surface area contributed by atoms with Crippen LogP contribution in [0.1, 0.15) is 46.5 Å². The van der Waals surface area contributed by atoms with Crippen molar-refractivity contribution in [2.24, 2.45) is 5.92 Å². The van der Waals surface area contributed by atoms with Crippen LogP contribution in [-0.4, -0.2) is 17.3 Å². The zero-order valence-corrected chi connectivity index (χ0v) is 14.1. The number of nitrogens with one attached hydrogen (secondary N) is 2. The van der Waals surface area contributed by atoms with Crippen molar-refractivity contribution in [3.63, 3.8) is 0 Å². The van der Waals surface area contributed by atoms with Gasteiger partial charge < -0.3 is 15.4 Å². The van der Waals surface area contributed by atoms with Crippen molar-refractivity contribution < 1.29 is 4.74 Å². The number of thiocarbonyl (C=S) groups is 1. The standard InChI is InChI=1S/C17H26N2OS/c1-4-20-15-9-7-14(8-10-15)18-16(21)19-17(13(2)3)11-5-6-12-17/h7-10,13H,4-6,11-12H2,1-3H3,(H2,18,19,21). The van der Waals surface area contributed by atoms with Gasteiger partial charge in [0.2, 0.25) is 0 Å². The van der Waals surface area contributed by atoms with Crippen molar-refractivity contribution in [3.05, 3.63) is 24.3 Å². The maximum absolute atomic E-state index is 5.49. The highest BCUT2D eigenvalue weighted by atomic mass is 32.1. The Morgan fingerprint density at radius 2 is 1.86 bits per heavy atom. The van der Waals surface area contributed by atoms with Gasteiger partial charge in [-0.2, -0.15) is 0 Å². The van der Waals surface area contributed by atoms with Gasteiger partial charge in [0.1, 0.15) is 5.75 Å². The van der Waals surface area contributed by atoms with Crippen LogP contribution in [0.3, 0.4) is 0 Å². The molecule has 1 aliphatic rings. The summed E-state index contributed by atoms with van der Waals surface area (Å²) in [5, 5.41) is 7.57. The number of ether oxygens (including phenoxy) is 1. The molecule has 21 heavy (non-hydrogen) atoms. The number of hydrogen-bond acceptors (Lipinski definition) is 2. The molecule has 3 nitrogen and oxygen atoms in total. The van der Waals surface area contributed by atoms with Crippen LogP contribution in [0, 0.1) is 5.92 Å². The predicted molar refractivity (Wildman–Crippen MR) is 93.0 cm³/mol. The summed E-state index contributed by atoms with van der Waals surface area (Å²) >= 11 is 5.49. The van der Waals surface area contributed by atoms with E-state index in [0.717, 1.165) is 16.5 Å². The van der Waals surface area contributed by atoms with Crippen LogP contribution < -0.4 is 15.4 Å². The van der Waals surface area contributed by atoms with Gasteiger partial charge in [0, 0.05) is 11.2 Å². The Morgan fingerprint density at radius 1 is 1.24 bits per heavy atom. The van der Waals surface area contributed by atoms with Crippen molar-refractivity contribution in [2.75, 3.05) is 11.9 Å². The molecule has 0 spiro atoms. The lowest BCUT2D eigenvalue weighted by Crippen LogP contribution is -2.51. The summed E-state index contributed by atoms with van der Waals surface area (Å²) in [6.07, 6.45) is 4.99. The van der Waals surface area contributed by atoms with Crippen LogP contribution >= 0.6 is 12.2 Å². The zero-order chi connectivity index (χ0) is 15.3. The first kappa shape index (κ1) is 16.1. The van der Waals surface area contributed by atoms with Crippen molar-refractivity contribution in [2.45, 2.75) is 52.0 Å². The maximum Gasteiger partial charge on any atom is 0.171 e. The van der Waals surface area contributed by atoms with Gasteiger partial charge in [0.05, 0.1) is 6.61 Å². The Balaban J connectivity index is 1.94. The van der Waals surface area contributed by atoms with Gasteiger partial charge in [-0.15, -0.1) is 0 Å². The highest BCUT2D eigenvalue weighted by molar-refractivity contribution is 7.80. The van der Waals surface area contributed by atoms with Crippen LogP contribution in [-0.2, 0) is 0 Å². The van der Waals surface area contributed by atoms with E-state index in [0.29, 0.717) is 12.5 Å². The monoisotopic (exact) mass is 306 g/mol. The van der Waals surface area contributed by atoms with Gasteiger partial charge in [-0.1, -0.05) is 26.7 Å². The van der Waals surface area contributed by atoms with E-state index < -0.39 is 0 Å². The fourth-order valence-electron chi connectivity index (χ4n) is 3.04. The number of benzene rings is 1. The number of anilines is 1. The van der Waals surface area contributed by atoms with Crippen LogP contribution in [0.4, 0.5) is 5.69 Å². The Labute approximate surface area is 133 Å². The van der Waals surface area contributed by atoms with Crippen LogP contribution in [0.15, 0.2) is 24.3 Å². The lowest BCUT2D eigenvalue weighted by molar-refractivity contribution is 0.283. The second-order valence-electron chi connectivity index (χ2n) is 6.05. The summed E-state index contributed by atoms with van der Waals surface area (Å²) < 4.78 is 5.44. The highest BCUT2D eigenvalue weighted by Gasteiger charge is 2.37. The lowest BCUT2D eigenvalue weighted by Gasteiger charge is -2.35. The smallest absolute Gasteiger partial charge is 0.171 e. The van der Waals surface area contributed by atoms with Gasteiger partial charge in [0.15, 0.2) is 5.11 Å². The summed E-state index contributed by atoms with van der Waals surface area (Å²) in [4.78, 5) is 0. The molecule has 0 bridgehead atoms. The average molecular weight is 306 g/mol. The molecule has 1 aliphatic carbocycles. The van der Waals surface area contributed by atoms with E-state index >= 15 is 0 Å². The van der Waals surface area contributed by atoms with Crippen molar-refractivity contribution >= 4 is 23.0 Å². The molecule has 116 valence electrons. The Hall–Kier alpha value is -1.29. The van der Waals surface area contributed by atoms with Crippen LogP contribution in [0.25, 0.3) is 0 Å². The molecule has 0 saturated heterocycles. The highest BCUT2D eigenvalue weighted by Crippen LogP contribution is 2.35. The summed E-state index contributed by atoms with van der Waals surface area (Å²) in [6, 6.07) is 7.91. The summed E-state index contributed by atoms with van der Waals surface area (Å²) in [7, 11) is 0. The molecule has 0 atom stereocenters. The lowest BCUT2D eigenvalue weighted by atomic mass is 9.85. The van der Waals surface area contributed by atoms with Gasteiger partial charge in [-0.05, 0) is 62.2 Å². The molecule has 1 aromatic carbocycles. The van der Waals surface area contributed by atoms with Crippen LogP contribution in [0.2, 0.25) is 0 Å². The second kappa shape index (κ2) is 7.12. The van der Waals surface area contributed by atoms with Gasteiger partial charge >= 0.3 is 0 Å². The fraction of sp³-hybridized carbons (Fsp3) is 0.588. The van der Waals surface area contributed by atoms with Gasteiger partial charge in [-0.3, -0.25) is 0 Å². The third kappa shape index (κ3) is 4.10. The number of hydrogen-bond donors (Lipinski definition) is 2. The third-order valence-electron chi connectivity index (χ3n) is 4.39. The summed E-state index contributed by atoms with van der Waals surface area (Å²) in [6.45, 7) is 7.22. The largest absolute Gasteiger partial charge is 0.494 e.